The minimum Gasteiger partial charge on any atom is -0.312 e. The fourth-order valence-electron chi connectivity index (χ4n) is 4.19. The third-order valence-corrected chi connectivity index (χ3v) is 5.73. The highest BCUT2D eigenvalue weighted by atomic mass is 16.2. The van der Waals surface area contributed by atoms with Crippen LogP contribution in [0.2, 0.25) is 0 Å². The summed E-state index contributed by atoms with van der Waals surface area (Å²) in [6, 6.07) is 14.3. The lowest BCUT2D eigenvalue weighted by Crippen LogP contribution is -2.36. The van der Waals surface area contributed by atoms with E-state index < -0.39 is 0 Å². The van der Waals surface area contributed by atoms with Crippen molar-refractivity contribution in [1.29, 1.82) is 0 Å². The van der Waals surface area contributed by atoms with Gasteiger partial charge in [0.2, 0.25) is 11.8 Å². The van der Waals surface area contributed by atoms with E-state index in [2.05, 4.69) is 52.0 Å². The zero-order valence-electron chi connectivity index (χ0n) is 18.2. The van der Waals surface area contributed by atoms with Gasteiger partial charge in [-0.15, -0.1) is 0 Å². The highest BCUT2D eigenvalue weighted by molar-refractivity contribution is 5.98. The summed E-state index contributed by atoms with van der Waals surface area (Å²) >= 11 is 0. The van der Waals surface area contributed by atoms with Crippen LogP contribution in [0.3, 0.4) is 0 Å². The predicted octanol–water partition coefficient (Wildman–Crippen LogP) is 5.27. The number of carbonyl (C=O) groups is 2. The minimum atomic E-state index is -0.0189. The maximum absolute atomic E-state index is 13.0. The number of anilines is 2. The molecular weight excluding hydrogens is 360 g/mol. The van der Waals surface area contributed by atoms with E-state index in [0.717, 1.165) is 35.5 Å². The van der Waals surface area contributed by atoms with Crippen molar-refractivity contribution in [1.82, 2.24) is 0 Å². The molecule has 0 saturated carbocycles. The molecule has 4 heteroatoms. The molecule has 0 spiro atoms. The molecule has 4 nitrogen and oxygen atoms in total. The number of nitrogens with zero attached hydrogens (tertiary/aromatic N) is 2. The van der Waals surface area contributed by atoms with Crippen molar-refractivity contribution < 1.29 is 9.59 Å². The van der Waals surface area contributed by atoms with Crippen molar-refractivity contribution in [2.75, 3.05) is 22.9 Å². The van der Waals surface area contributed by atoms with Crippen LogP contribution < -0.4 is 9.80 Å². The normalized spacial score (nSPS) is 13.1. The van der Waals surface area contributed by atoms with Gasteiger partial charge in [0.25, 0.3) is 0 Å². The molecule has 0 radical (unpaired) electrons. The molecule has 0 fully saturated rings. The fourth-order valence-corrected chi connectivity index (χ4v) is 4.19. The quantitative estimate of drug-likeness (QED) is 0.672. The average molecular weight is 393 g/mol. The molecule has 3 rings (SSSR count). The maximum Gasteiger partial charge on any atom is 0.228 e. The predicted molar refractivity (Wildman–Crippen MR) is 120 cm³/mol. The van der Waals surface area contributed by atoms with Gasteiger partial charge in [-0.05, 0) is 41.0 Å². The molecule has 0 saturated heterocycles. The van der Waals surface area contributed by atoms with Gasteiger partial charge in [0.15, 0.2) is 0 Å². The van der Waals surface area contributed by atoms with Crippen LogP contribution in [-0.2, 0) is 16.0 Å². The van der Waals surface area contributed by atoms with Gasteiger partial charge in [0.05, 0.1) is 5.69 Å². The van der Waals surface area contributed by atoms with Crippen molar-refractivity contribution in [3.8, 4) is 0 Å². The van der Waals surface area contributed by atoms with E-state index in [9.17, 15) is 9.59 Å². The molecule has 154 valence electrons. The van der Waals surface area contributed by atoms with Crippen LogP contribution >= 0.6 is 0 Å². The van der Waals surface area contributed by atoms with E-state index in [1.165, 1.54) is 5.56 Å². The molecule has 0 atom stereocenters. The minimum absolute atomic E-state index is 0.0189. The first-order valence-electron chi connectivity index (χ1n) is 10.6. The first kappa shape index (κ1) is 21.1. The summed E-state index contributed by atoms with van der Waals surface area (Å²) in [7, 11) is 0. The molecule has 0 N–H and O–H groups in total. The smallest absolute Gasteiger partial charge is 0.228 e. The standard InChI is InChI=1S/C25H32N2O2/c1-17(2)21-10-8-11-22(18(3)4)25(21)26(19(5)28)16-14-24(29)27-15-13-20-9-6-7-12-23(20)27/h6-12,17-18H,13-16H2,1-5H3. The molecule has 1 aliphatic rings. The zero-order valence-corrected chi connectivity index (χ0v) is 18.2. The number of carbonyl (C=O) groups excluding carboxylic acids is 2. The molecule has 2 aromatic carbocycles. The summed E-state index contributed by atoms with van der Waals surface area (Å²) in [6.07, 6.45) is 1.21. The molecule has 29 heavy (non-hydrogen) atoms. The summed E-state index contributed by atoms with van der Waals surface area (Å²) in [6.45, 7) is 11.3. The van der Waals surface area contributed by atoms with Gasteiger partial charge < -0.3 is 9.80 Å². The number of hydrogen-bond acceptors (Lipinski definition) is 2. The van der Waals surface area contributed by atoms with Gasteiger partial charge in [-0.25, -0.2) is 0 Å². The lowest BCUT2D eigenvalue weighted by atomic mass is 9.91. The second-order valence-corrected chi connectivity index (χ2v) is 8.44. The molecule has 0 aliphatic carbocycles. The Morgan fingerprint density at radius 1 is 0.966 bits per heavy atom. The lowest BCUT2D eigenvalue weighted by molar-refractivity contribution is -0.118. The second kappa shape index (κ2) is 8.81. The topological polar surface area (TPSA) is 40.6 Å². The van der Waals surface area contributed by atoms with Gasteiger partial charge in [-0.1, -0.05) is 64.1 Å². The molecular formula is C25H32N2O2. The first-order valence-corrected chi connectivity index (χ1v) is 10.6. The summed E-state index contributed by atoms with van der Waals surface area (Å²) < 4.78 is 0. The Morgan fingerprint density at radius 2 is 1.59 bits per heavy atom. The van der Waals surface area contributed by atoms with Gasteiger partial charge in [-0.2, -0.15) is 0 Å². The van der Waals surface area contributed by atoms with Gasteiger partial charge in [0.1, 0.15) is 0 Å². The van der Waals surface area contributed by atoms with Gasteiger partial charge in [-0.3, -0.25) is 9.59 Å². The van der Waals surface area contributed by atoms with Gasteiger partial charge >= 0.3 is 0 Å². The maximum atomic E-state index is 13.0. The van der Waals surface area contributed by atoms with E-state index in [0.29, 0.717) is 24.8 Å². The highest BCUT2D eigenvalue weighted by Gasteiger charge is 2.27. The number of amides is 2. The van der Waals surface area contributed by atoms with Gasteiger partial charge in [0, 0.05) is 32.1 Å². The van der Waals surface area contributed by atoms with Crippen LogP contribution in [0.4, 0.5) is 11.4 Å². The Hall–Kier alpha value is -2.62. The van der Waals surface area contributed by atoms with Crippen molar-refractivity contribution in [2.45, 2.75) is 59.3 Å². The molecule has 2 aromatic rings. The summed E-state index contributed by atoms with van der Waals surface area (Å²) in [5.74, 6) is 0.655. The Bertz CT molecular complexity index is 875. The lowest BCUT2D eigenvalue weighted by Gasteiger charge is -2.30. The van der Waals surface area contributed by atoms with E-state index in [1.807, 2.05) is 28.0 Å². The summed E-state index contributed by atoms with van der Waals surface area (Å²) in [5.41, 5.74) is 5.53. The third kappa shape index (κ3) is 4.36. The molecule has 1 aliphatic heterocycles. The summed E-state index contributed by atoms with van der Waals surface area (Å²) in [5, 5.41) is 0. The van der Waals surface area contributed by atoms with Crippen molar-refractivity contribution in [3.63, 3.8) is 0 Å². The Kier molecular flexibility index (Phi) is 6.41. The monoisotopic (exact) mass is 392 g/mol. The number of benzene rings is 2. The fraction of sp³-hybridized carbons (Fsp3) is 0.440. The largest absolute Gasteiger partial charge is 0.312 e. The highest BCUT2D eigenvalue weighted by Crippen LogP contribution is 2.36. The zero-order chi connectivity index (χ0) is 21.1. The summed E-state index contributed by atoms with van der Waals surface area (Å²) in [4.78, 5) is 29.3. The van der Waals surface area contributed by atoms with Crippen molar-refractivity contribution in [2.24, 2.45) is 0 Å². The number of rotatable bonds is 6. The van der Waals surface area contributed by atoms with E-state index >= 15 is 0 Å². The van der Waals surface area contributed by atoms with Crippen LogP contribution in [0.25, 0.3) is 0 Å². The Morgan fingerprint density at radius 3 is 2.17 bits per heavy atom. The first-order chi connectivity index (χ1) is 13.8. The molecule has 1 heterocycles. The van der Waals surface area contributed by atoms with Crippen LogP contribution in [0.15, 0.2) is 42.5 Å². The number of hydrogen-bond donors (Lipinski definition) is 0. The third-order valence-electron chi connectivity index (χ3n) is 5.73. The van der Waals surface area contributed by atoms with Crippen LogP contribution in [0, 0.1) is 0 Å². The number of fused-ring (bicyclic) bond motifs is 1. The van der Waals surface area contributed by atoms with Crippen molar-refractivity contribution >= 4 is 23.2 Å². The average Bonchev–Trinajstić information content (AvgIpc) is 3.11. The Balaban J connectivity index is 1.86. The Labute approximate surface area is 174 Å². The molecule has 2 amide bonds. The second-order valence-electron chi connectivity index (χ2n) is 8.44. The van der Waals surface area contributed by atoms with E-state index in [-0.39, 0.29) is 11.8 Å². The van der Waals surface area contributed by atoms with E-state index in [4.69, 9.17) is 0 Å². The molecule has 0 aromatic heterocycles. The number of para-hydroxylation sites is 2. The van der Waals surface area contributed by atoms with E-state index in [1.54, 1.807) is 6.92 Å². The molecule has 0 unspecified atom stereocenters. The SMILES string of the molecule is CC(=O)N(CCC(=O)N1CCc2ccccc21)c1c(C(C)C)cccc1C(C)C. The molecule has 0 bridgehead atoms. The van der Waals surface area contributed by atoms with Crippen LogP contribution in [0.5, 0.6) is 0 Å². The van der Waals surface area contributed by atoms with Crippen LogP contribution in [0.1, 0.15) is 69.6 Å². The van der Waals surface area contributed by atoms with Crippen molar-refractivity contribution in [3.05, 3.63) is 59.2 Å². The van der Waals surface area contributed by atoms with Crippen LogP contribution in [-0.4, -0.2) is 24.9 Å².